The fourth-order valence-electron chi connectivity index (χ4n) is 1.67. The molecule has 0 aliphatic heterocycles. The van der Waals surface area contributed by atoms with Crippen molar-refractivity contribution in [3.05, 3.63) is 49.1 Å². The lowest BCUT2D eigenvalue weighted by Gasteiger charge is -2.07. The number of nitrogens with one attached hydrogen (secondary N) is 1. The van der Waals surface area contributed by atoms with Crippen LogP contribution in [0.4, 0.5) is 5.69 Å². The second kappa shape index (κ2) is 6.79. The van der Waals surface area contributed by atoms with Crippen LogP contribution in [0, 0.1) is 14.9 Å². The summed E-state index contributed by atoms with van der Waals surface area (Å²) >= 11 is 4.87. The largest absolute Gasteiger partial charge is 0.500 e. The second-order valence-electron chi connectivity index (χ2n) is 4.15. The van der Waals surface area contributed by atoms with Crippen LogP contribution < -0.4 is 10.3 Å². The number of nitrogens with zero attached hydrogens (tertiary/aromatic N) is 4. The number of phenolic OH excluding ortho intramolecular Hbond substituents is 1. The van der Waals surface area contributed by atoms with Crippen LogP contribution >= 0.6 is 12.2 Å². The first-order chi connectivity index (χ1) is 10.9. The van der Waals surface area contributed by atoms with Gasteiger partial charge in [-0.15, -0.1) is 0 Å². The first kappa shape index (κ1) is 16.3. The Balaban J connectivity index is 2.51. The van der Waals surface area contributed by atoms with Crippen molar-refractivity contribution < 1.29 is 14.8 Å². The van der Waals surface area contributed by atoms with Gasteiger partial charge in [-0.25, -0.2) is 0 Å². The summed E-state index contributed by atoms with van der Waals surface area (Å²) in [6.07, 6.45) is 2.16. The van der Waals surface area contributed by atoms with E-state index in [0.29, 0.717) is 0 Å². The highest BCUT2D eigenvalue weighted by molar-refractivity contribution is 7.71. The van der Waals surface area contributed by atoms with E-state index < -0.39 is 21.9 Å². The molecule has 1 aromatic heterocycles. The van der Waals surface area contributed by atoms with Crippen LogP contribution in [0.25, 0.3) is 0 Å². The molecule has 1 aromatic carbocycles. The van der Waals surface area contributed by atoms with Gasteiger partial charge in [0.15, 0.2) is 5.75 Å². The van der Waals surface area contributed by atoms with Crippen molar-refractivity contribution in [1.82, 2.24) is 14.9 Å². The number of aromatic hydroxyl groups is 1. The number of ether oxygens (including phenoxy) is 1. The molecule has 0 aliphatic rings. The highest BCUT2D eigenvalue weighted by atomic mass is 32.1. The molecule has 0 fully saturated rings. The van der Waals surface area contributed by atoms with Gasteiger partial charge in [0.2, 0.25) is 10.5 Å². The molecular weight excluding hydrogens is 326 g/mol. The van der Waals surface area contributed by atoms with Crippen LogP contribution in [-0.2, 0) is 0 Å². The van der Waals surface area contributed by atoms with Crippen molar-refractivity contribution in [1.29, 1.82) is 0 Å². The predicted octanol–water partition coefficient (Wildman–Crippen LogP) is 1.20. The number of aromatic nitrogens is 3. The van der Waals surface area contributed by atoms with E-state index in [4.69, 9.17) is 17.0 Å². The number of nitro groups is 1. The summed E-state index contributed by atoms with van der Waals surface area (Å²) in [5.41, 5.74) is -0.857. The van der Waals surface area contributed by atoms with Crippen LogP contribution in [0.2, 0.25) is 0 Å². The highest BCUT2D eigenvalue weighted by Gasteiger charge is 2.19. The Labute approximate surface area is 133 Å². The van der Waals surface area contributed by atoms with Crippen molar-refractivity contribution in [2.24, 2.45) is 5.10 Å². The molecule has 1 heterocycles. The smallest absolute Gasteiger partial charge is 0.315 e. The number of aromatic amines is 1. The average Bonchev–Trinajstić information content (AvgIpc) is 2.49. The molecule has 10 nitrogen and oxygen atoms in total. The maximum absolute atomic E-state index is 11.6. The molecule has 0 radical (unpaired) electrons. The average molecular weight is 337 g/mol. The van der Waals surface area contributed by atoms with Crippen molar-refractivity contribution in [3.63, 3.8) is 0 Å². The molecule has 0 amide bonds. The van der Waals surface area contributed by atoms with Crippen molar-refractivity contribution in [3.8, 4) is 11.5 Å². The summed E-state index contributed by atoms with van der Waals surface area (Å²) in [5, 5.41) is 30.5. The van der Waals surface area contributed by atoms with E-state index in [0.717, 1.165) is 16.9 Å². The summed E-state index contributed by atoms with van der Waals surface area (Å²) < 4.78 is 5.97. The molecule has 2 aromatic rings. The van der Waals surface area contributed by atoms with Crippen LogP contribution in [-0.4, -0.2) is 37.7 Å². The first-order valence-electron chi connectivity index (χ1n) is 6.29. The van der Waals surface area contributed by atoms with E-state index in [-0.39, 0.29) is 22.7 Å². The molecule has 2 rings (SSSR count). The summed E-state index contributed by atoms with van der Waals surface area (Å²) in [4.78, 5) is 21.8. The molecule has 0 unspecified atom stereocenters. The number of phenols is 1. The summed E-state index contributed by atoms with van der Waals surface area (Å²) in [6.45, 7) is 1.88. The number of nitro benzene ring substituents is 1. The van der Waals surface area contributed by atoms with E-state index in [2.05, 4.69) is 15.3 Å². The standard InChI is InChI=1S/C12H11N5O5S/c1-2-22-9-4-7(3-8(11(9)19)17(20)21)5-14-16-10(18)6-13-15-12(16)23/h3-6,19H,2H2,1H3,(H,15,23)/b14-5+. The minimum absolute atomic E-state index is 0.0351. The van der Waals surface area contributed by atoms with E-state index in [1.54, 1.807) is 6.92 Å². The lowest BCUT2D eigenvalue weighted by atomic mass is 10.2. The molecule has 11 heteroatoms. The fourth-order valence-corrected chi connectivity index (χ4v) is 1.86. The van der Waals surface area contributed by atoms with Gasteiger partial charge in [0, 0.05) is 11.6 Å². The third kappa shape index (κ3) is 3.58. The normalized spacial score (nSPS) is 10.8. The van der Waals surface area contributed by atoms with E-state index >= 15 is 0 Å². The molecule has 0 saturated carbocycles. The first-order valence-corrected chi connectivity index (χ1v) is 6.70. The quantitative estimate of drug-likeness (QED) is 0.362. The maximum Gasteiger partial charge on any atom is 0.315 e. The molecular formula is C12H11N5O5S. The van der Waals surface area contributed by atoms with Crippen molar-refractivity contribution in [2.45, 2.75) is 6.92 Å². The lowest BCUT2D eigenvalue weighted by Crippen LogP contribution is -2.18. The molecule has 0 saturated heterocycles. The zero-order chi connectivity index (χ0) is 17.0. The Morgan fingerprint density at radius 2 is 2.35 bits per heavy atom. The Bertz CT molecular complexity index is 860. The molecule has 0 atom stereocenters. The fraction of sp³-hybridized carbons (Fsp3) is 0.167. The molecule has 2 N–H and O–H groups in total. The van der Waals surface area contributed by atoms with Gasteiger partial charge in [0.1, 0.15) is 6.20 Å². The third-order valence-electron chi connectivity index (χ3n) is 2.63. The van der Waals surface area contributed by atoms with Crippen LogP contribution in [0.3, 0.4) is 0 Å². The van der Waals surface area contributed by atoms with Gasteiger partial charge < -0.3 is 9.84 Å². The van der Waals surface area contributed by atoms with Gasteiger partial charge in [-0.05, 0) is 25.2 Å². The van der Waals surface area contributed by atoms with Gasteiger partial charge >= 0.3 is 5.69 Å². The molecule has 0 spiro atoms. The summed E-state index contributed by atoms with van der Waals surface area (Å²) in [5.74, 6) is -0.636. The monoisotopic (exact) mass is 337 g/mol. The van der Waals surface area contributed by atoms with E-state index in [9.17, 15) is 20.0 Å². The molecule has 0 bridgehead atoms. The zero-order valence-electron chi connectivity index (χ0n) is 11.8. The third-order valence-corrected chi connectivity index (χ3v) is 2.90. The Morgan fingerprint density at radius 1 is 1.61 bits per heavy atom. The number of hydrogen-bond acceptors (Lipinski definition) is 8. The summed E-state index contributed by atoms with van der Waals surface area (Å²) in [6, 6.07) is 2.45. The minimum Gasteiger partial charge on any atom is -0.500 e. The van der Waals surface area contributed by atoms with Crippen LogP contribution in [0.15, 0.2) is 28.2 Å². The van der Waals surface area contributed by atoms with Gasteiger partial charge in [0.05, 0.1) is 17.7 Å². The Morgan fingerprint density at radius 3 is 2.96 bits per heavy atom. The second-order valence-corrected chi connectivity index (χ2v) is 4.53. The zero-order valence-corrected chi connectivity index (χ0v) is 12.6. The SMILES string of the molecule is CCOc1cc(/C=N/n2c(=O)cn[nH]c2=S)cc([N+](=O)[O-])c1O. The molecule has 23 heavy (non-hydrogen) atoms. The van der Waals surface area contributed by atoms with Gasteiger partial charge in [0.25, 0.3) is 5.56 Å². The van der Waals surface area contributed by atoms with Crippen molar-refractivity contribution in [2.75, 3.05) is 6.61 Å². The Kier molecular flexibility index (Phi) is 4.81. The predicted molar refractivity (Wildman–Crippen MR) is 82.6 cm³/mol. The van der Waals surface area contributed by atoms with Gasteiger partial charge in [-0.1, -0.05) is 0 Å². The maximum atomic E-state index is 11.6. The van der Waals surface area contributed by atoms with E-state index in [1.807, 2.05) is 0 Å². The topological polar surface area (TPSA) is 136 Å². The highest BCUT2D eigenvalue weighted by Crippen LogP contribution is 2.36. The Hall–Kier alpha value is -3.08. The molecule has 120 valence electrons. The van der Waals surface area contributed by atoms with Gasteiger partial charge in [-0.2, -0.15) is 14.9 Å². The minimum atomic E-state index is -0.750. The van der Waals surface area contributed by atoms with Crippen molar-refractivity contribution >= 4 is 24.1 Å². The van der Waals surface area contributed by atoms with Crippen LogP contribution in [0.1, 0.15) is 12.5 Å². The summed E-state index contributed by atoms with van der Waals surface area (Å²) in [7, 11) is 0. The number of hydrogen-bond donors (Lipinski definition) is 2. The van der Waals surface area contributed by atoms with Gasteiger partial charge in [-0.3, -0.25) is 20.0 Å². The number of H-pyrrole nitrogens is 1. The molecule has 0 aliphatic carbocycles. The lowest BCUT2D eigenvalue weighted by molar-refractivity contribution is -0.386. The van der Waals surface area contributed by atoms with Crippen LogP contribution in [0.5, 0.6) is 11.5 Å². The van der Waals surface area contributed by atoms with E-state index in [1.165, 1.54) is 12.3 Å². The number of benzene rings is 1. The number of rotatable bonds is 5.